The van der Waals surface area contributed by atoms with Crippen molar-refractivity contribution < 1.29 is 9.59 Å². The lowest BCUT2D eigenvalue weighted by molar-refractivity contribution is -0.116. The van der Waals surface area contributed by atoms with E-state index >= 15 is 0 Å². The first kappa shape index (κ1) is 16.4. The van der Waals surface area contributed by atoms with Crippen molar-refractivity contribution in [1.29, 1.82) is 0 Å². The molecular formula is C18H21NO2S. The number of nitrogens with one attached hydrogen (secondary N) is 1. The van der Waals surface area contributed by atoms with E-state index in [0.717, 1.165) is 12.1 Å². The monoisotopic (exact) mass is 315 g/mol. The lowest BCUT2D eigenvalue weighted by atomic mass is 10.1. The lowest BCUT2D eigenvalue weighted by Gasteiger charge is -2.06. The van der Waals surface area contributed by atoms with Crippen LogP contribution < -0.4 is 5.32 Å². The predicted molar refractivity (Wildman–Crippen MR) is 91.6 cm³/mol. The number of anilines is 1. The summed E-state index contributed by atoms with van der Waals surface area (Å²) < 4.78 is 0. The topological polar surface area (TPSA) is 46.2 Å². The van der Waals surface area contributed by atoms with Crippen LogP contribution in [-0.2, 0) is 11.2 Å². The van der Waals surface area contributed by atoms with Gasteiger partial charge in [-0.1, -0.05) is 31.5 Å². The highest BCUT2D eigenvalue weighted by molar-refractivity contribution is 7.12. The molecule has 0 saturated carbocycles. The van der Waals surface area contributed by atoms with Crippen LogP contribution in [0.1, 0.15) is 47.8 Å². The molecule has 0 saturated heterocycles. The fourth-order valence-electron chi connectivity index (χ4n) is 2.15. The molecule has 0 bridgehead atoms. The maximum absolute atomic E-state index is 11.9. The van der Waals surface area contributed by atoms with Gasteiger partial charge in [-0.05, 0) is 42.0 Å². The second-order valence-corrected chi connectivity index (χ2v) is 6.20. The predicted octanol–water partition coefficient (Wildman–Crippen LogP) is 4.69. The van der Waals surface area contributed by atoms with E-state index in [-0.39, 0.29) is 24.5 Å². The van der Waals surface area contributed by atoms with Crippen molar-refractivity contribution in [1.82, 2.24) is 0 Å². The first-order chi connectivity index (χ1) is 10.7. The third-order valence-corrected chi connectivity index (χ3v) is 4.34. The zero-order valence-corrected chi connectivity index (χ0v) is 13.6. The smallest absolute Gasteiger partial charge is 0.224 e. The molecule has 0 radical (unpaired) electrons. The lowest BCUT2D eigenvalue weighted by Crippen LogP contribution is -2.13. The first-order valence-electron chi connectivity index (χ1n) is 7.64. The number of rotatable bonds is 8. The molecule has 0 aliphatic heterocycles. The van der Waals surface area contributed by atoms with Crippen LogP contribution in [0.4, 0.5) is 5.69 Å². The van der Waals surface area contributed by atoms with Gasteiger partial charge in [0.15, 0.2) is 5.78 Å². The average Bonchev–Trinajstić information content (AvgIpc) is 3.06. The van der Waals surface area contributed by atoms with Crippen LogP contribution in [0.25, 0.3) is 0 Å². The zero-order valence-electron chi connectivity index (χ0n) is 12.8. The second kappa shape index (κ2) is 8.49. The minimum Gasteiger partial charge on any atom is -0.326 e. The van der Waals surface area contributed by atoms with Crippen molar-refractivity contribution in [2.75, 3.05) is 5.32 Å². The van der Waals surface area contributed by atoms with Gasteiger partial charge < -0.3 is 5.32 Å². The Labute approximate surface area is 135 Å². The fraction of sp³-hybridized carbons (Fsp3) is 0.333. The van der Waals surface area contributed by atoms with Gasteiger partial charge in [0, 0.05) is 18.5 Å². The minimum atomic E-state index is -0.119. The van der Waals surface area contributed by atoms with E-state index in [1.165, 1.54) is 29.7 Å². The van der Waals surface area contributed by atoms with E-state index in [1.54, 1.807) is 6.07 Å². The molecule has 1 amide bonds. The summed E-state index contributed by atoms with van der Waals surface area (Å²) in [6.07, 6.45) is 3.89. The first-order valence-corrected chi connectivity index (χ1v) is 8.52. The number of ketones is 1. The third kappa shape index (κ3) is 5.11. The van der Waals surface area contributed by atoms with Crippen LogP contribution in [-0.4, -0.2) is 11.7 Å². The molecular weight excluding hydrogens is 294 g/mol. The van der Waals surface area contributed by atoms with Crippen LogP contribution >= 0.6 is 11.3 Å². The van der Waals surface area contributed by atoms with Crippen molar-refractivity contribution in [2.45, 2.75) is 39.0 Å². The van der Waals surface area contributed by atoms with Crippen LogP contribution in [0.2, 0.25) is 0 Å². The molecule has 0 atom stereocenters. The molecule has 22 heavy (non-hydrogen) atoms. The maximum Gasteiger partial charge on any atom is 0.224 e. The molecule has 1 heterocycles. The molecule has 2 rings (SSSR count). The van der Waals surface area contributed by atoms with Crippen molar-refractivity contribution in [3.8, 4) is 0 Å². The molecule has 0 unspecified atom stereocenters. The Bertz CT molecular complexity index is 603. The largest absolute Gasteiger partial charge is 0.326 e. The molecule has 4 heteroatoms. The van der Waals surface area contributed by atoms with E-state index < -0.39 is 0 Å². The molecule has 1 aromatic heterocycles. The molecule has 0 spiro atoms. The molecule has 0 aliphatic rings. The quantitative estimate of drug-likeness (QED) is 0.718. The van der Waals surface area contributed by atoms with Gasteiger partial charge in [-0.3, -0.25) is 9.59 Å². The third-order valence-electron chi connectivity index (χ3n) is 3.43. The van der Waals surface area contributed by atoms with E-state index in [1.807, 2.05) is 35.7 Å². The van der Waals surface area contributed by atoms with Gasteiger partial charge in [-0.2, -0.15) is 0 Å². The number of Topliss-reactive ketones (excluding diaryl/α,β-unsaturated/α-hetero) is 1. The second-order valence-electron chi connectivity index (χ2n) is 5.25. The van der Waals surface area contributed by atoms with Gasteiger partial charge in [-0.25, -0.2) is 0 Å². The Balaban J connectivity index is 1.78. The summed E-state index contributed by atoms with van der Waals surface area (Å²) in [6, 6.07) is 11.6. The summed E-state index contributed by atoms with van der Waals surface area (Å²) in [5.41, 5.74) is 2.07. The number of hydrogen-bond donors (Lipinski definition) is 1. The number of carbonyl (C=O) groups excluding carboxylic acids is 2. The SMILES string of the molecule is CCCCc1ccc(NC(=O)CCC(=O)c2cccs2)cc1. The van der Waals surface area contributed by atoms with Gasteiger partial charge in [-0.15, -0.1) is 11.3 Å². The maximum atomic E-state index is 11.9. The van der Waals surface area contributed by atoms with Gasteiger partial charge in [0.05, 0.1) is 4.88 Å². The van der Waals surface area contributed by atoms with Gasteiger partial charge in [0.25, 0.3) is 0 Å². The summed E-state index contributed by atoms with van der Waals surface area (Å²) >= 11 is 1.41. The highest BCUT2D eigenvalue weighted by Crippen LogP contribution is 2.14. The number of unbranched alkanes of at least 4 members (excludes halogenated alkanes) is 1. The molecule has 0 fully saturated rings. The number of carbonyl (C=O) groups is 2. The Morgan fingerprint density at radius 2 is 1.86 bits per heavy atom. The number of thiophene rings is 1. The molecule has 2 aromatic rings. The van der Waals surface area contributed by atoms with Crippen molar-refractivity contribution in [3.05, 3.63) is 52.2 Å². The normalized spacial score (nSPS) is 10.4. The van der Waals surface area contributed by atoms with Crippen molar-refractivity contribution in [3.63, 3.8) is 0 Å². The summed E-state index contributed by atoms with van der Waals surface area (Å²) in [5.74, 6) is -0.0914. The zero-order chi connectivity index (χ0) is 15.8. The number of hydrogen-bond acceptors (Lipinski definition) is 3. The van der Waals surface area contributed by atoms with Crippen LogP contribution in [0.3, 0.4) is 0 Å². The standard InChI is InChI=1S/C18H21NO2S/c1-2-3-5-14-7-9-15(10-8-14)19-18(21)12-11-16(20)17-6-4-13-22-17/h4,6-10,13H,2-3,5,11-12H2,1H3,(H,19,21). The Morgan fingerprint density at radius 1 is 1.09 bits per heavy atom. The summed E-state index contributed by atoms with van der Waals surface area (Å²) in [5, 5.41) is 4.71. The van der Waals surface area contributed by atoms with Crippen LogP contribution in [0.15, 0.2) is 41.8 Å². The van der Waals surface area contributed by atoms with Gasteiger partial charge in [0.1, 0.15) is 0 Å². The molecule has 0 aliphatic carbocycles. The van der Waals surface area contributed by atoms with Gasteiger partial charge >= 0.3 is 0 Å². The molecule has 3 nitrogen and oxygen atoms in total. The highest BCUT2D eigenvalue weighted by atomic mass is 32.1. The van der Waals surface area contributed by atoms with Crippen molar-refractivity contribution in [2.24, 2.45) is 0 Å². The average molecular weight is 315 g/mol. The van der Waals surface area contributed by atoms with Crippen molar-refractivity contribution >= 4 is 28.7 Å². The highest BCUT2D eigenvalue weighted by Gasteiger charge is 2.10. The van der Waals surface area contributed by atoms with E-state index in [4.69, 9.17) is 0 Å². The minimum absolute atomic E-state index is 0.0278. The number of aryl methyl sites for hydroxylation is 1. The van der Waals surface area contributed by atoms with E-state index in [0.29, 0.717) is 4.88 Å². The molecule has 1 aromatic carbocycles. The van der Waals surface area contributed by atoms with E-state index in [9.17, 15) is 9.59 Å². The Hall–Kier alpha value is -1.94. The van der Waals surface area contributed by atoms with Crippen LogP contribution in [0, 0.1) is 0 Å². The molecule has 116 valence electrons. The van der Waals surface area contributed by atoms with Crippen LogP contribution in [0.5, 0.6) is 0 Å². The van der Waals surface area contributed by atoms with E-state index in [2.05, 4.69) is 12.2 Å². The number of benzene rings is 1. The fourth-order valence-corrected chi connectivity index (χ4v) is 2.84. The summed E-state index contributed by atoms with van der Waals surface area (Å²) in [4.78, 5) is 24.4. The number of amides is 1. The van der Waals surface area contributed by atoms with Gasteiger partial charge in [0.2, 0.25) is 5.91 Å². The summed E-state index contributed by atoms with van der Waals surface area (Å²) in [7, 11) is 0. The molecule has 1 N–H and O–H groups in total. The Kier molecular flexibility index (Phi) is 6.34. The Morgan fingerprint density at radius 3 is 2.50 bits per heavy atom. The summed E-state index contributed by atoms with van der Waals surface area (Å²) in [6.45, 7) is 2.17.